The van der Waals surface area contributed by atoms with Gasteiger partial charge in [-0.05, 0) is 5.41 Å². The van der Waals surface area contributed by atoms with Crippen molar-refractivity contribution in [3.05, 3.63) is 0 Å². The van der Waals surface area contributed by atoms with Crippen LogP contribution in [0.2, 0.25) is 0 Å². The highest BCUT2D eigenvalue weighted by molar-refractivity contribution is 4.81. The molecule has 1 aliphatic heterocycles. The zero-order chi connectivity index (χ0) is 16.2. The molecule has 1 fully saturated rings. The molecule has 0 aromatic heterocycles. The Bertz CT molecular complexity index is 280. The Balaban J connectivity index is 0.000000511. The topological polar surface area (TPSA) is 79.2 Å². The van der Waals surface area contributed by atoms with Crippen molar-refractivity contribution in [3.8, 4) is 0 Å². The molecule has 0 radical (unpaired) electrons. The summed E-state index contributed by atoms with van der Waals surface area (Å²) in [6, 6.07) is 0. The van der Waals surface area contributed by atoms with E-state index in [9.17, 15) is 5.11 Å². The third-order valence-electron chi connectivity index (χ3n) is 3.05. The van der Waals surface area contributed by atoms with Gasteiger partial charge < -0.3 is 24.8 Å². The summed E-state index contributed by atoms with van der Waals surface area (Å²) in [5, 5.41) is 27.2. The standard InChI is InChI=1S/C10H20O4.C5H12O/c1-9(2,5-11)8-13-6-10(3,4)7(12)14-8;1-5(2,3)4-6/h7-8,11-12H,5-6H2,1-4H3;6H,4H2,1-3H3. The predicted octanol–water partition coefficient (Wildman–Crippen LogP) is 1.75. The van der Waals surface area contributed by atoms with E-state index in [-0.39, 0.29) is 24.0 Å². The van der Waals surface area contributed by atoms with Crippen molar-refractivity contribution in [2.75, 3.05) is 19.8 Å². The average molecular weight is 292 g/mol. The van der Waals surface area contributed by atoms with E-state index in [0.29, 0.717) is 6.61 Å². The van der Waals surface area contributed by atoms with E-state index in [1.807, 2.05) is 48.5 Å². The Morgan fingerprint density at radius 1 is 1.05 bits per heavy atom. The molecule has 2 atom stereocenters. The molecule has 0 spiro atoms. The molecule has 0 bridgehead atoms. The zero-order valence-corrected chi connectivity index (χ0v) is 13.9. The van der Waals surface area contributed by atoms with E-state index in [1.54, 1.807) is 0 Å². The van der Waals surface area contributed by atoms with E-state index >= 15 is 0 Å². The molecule has 0 aromatic rings. The normalized spacial score (nSPS) is 26.7. The summed E-state index contributed by atoms with van der Waals surface area (Å²) >= 11 is 0. The van der Waals surface area contributed by atoms with Gasteiger partial charge in [0, 0.05) is 17.4 Å². The van der Waals surface area contributed by atoms with Crippen LogP contribution in [-0.4, -0.2) is 47.7 Å². The van der Waals surface area contributed by atoms with Crippen LogP contribution in [0.25, 0.3) is 0 Å². The van der Waals surface area contributed by atoms with Crippen molar-refractivity contribution in [1.82, 2.24) is 0 Å². The summed E-state index contributed by atoms with van der Waals surface area (Å²) in [5.41, 5.74) is -0.778. The van der Waals surface area contributed by atoms with Gasteiger partial charge in [0.25, 0.3) is 0 Å². The lowest BCUT2D eigenvalue weighted by Gasteiger charge is -2.43. The molecule has 0 amide bonds. The second-order valence-corrected chi connectivity index (χ2v) is 7.99. The predicted molar refractivity (Wildman–Crippen MR) is 78.0 cm³/mol. The van der Waals surface area contributed by atoms with Crippen LogP contribution in [0.15, 0.2) is 0 Å². The summed E-state index contributed by atoms with van der Waals surface area (Å²) in [5.74, 6) is 0. The van der Waals surface area contributed by atoms with Crippen LogP contribution < -0.4 is 0 Å². The molecular weight excluding hydrogens is 260 g/mol. The molecule has 5 nitrogen and oxygen atoms in total. The molecule has 1 saturated heterocycles. The van der Waals surface area contributed by atoms with Gasteiger partial charge in [0.05, 0.1) is 13.2 Å². The van der Waals surface area contributed by atoms with Gasteiger partial charge in [0.1, 0.15) is 0 Å². The quantitative estimate of drug-likeness (QED) is 0.722. The number of hydrogen-bond donors (Lipinski definition) is 3. The van der Waals surface area contributed by atoms with Gasteiger partial charge in [-0.2, -0.15) is 0 Å². The lowest BCUT2D eigenvalue weighted by Crippen LogP contribution is -2.51. The number of aliphatic hydroxyl groups is 3. The zero-order valence-electron chi connectivity index (χ0n) is 13.9. The van der Waals surface area contributed by atoms with Crippen LogP contribution in [0.5, 0.6) is 0 Å². The molecule has 3 N–H and O–H groups in total. The molecule has 1 rings (SSSR count). The Labute approximate surface area is 122 Å². The van der Waals surface area contributed by atoms with Crippen LogP contribution >= 0.6 is 0 Å². The first-order valence-corrected chi connectivity index (χ1v) is 7.02. The molecule has 0 saturated carbocycles. The first kappa shape index (κ1) is 19.8. The van der Waals surface area contributed by atoms with E-state index in [1.165, 1.54) is 0 Å². The van der Waals surface area contributed by atoms with Gasteiger partial charge in [0.2, 0.25) is 0 Å². The monoisotopic (exact) mass is 292 g/mol. The van der Waals surface area contributed by atoms with Gasteiger partial charge in [-0.3, -0.25) is 0 Å². The van der Waals surface area contributed by atoms with Gasteiger partial charge in [-0.1, -0.05) is 48.5 Å². The van der Waals surface area contributed by atoms with Crippen LogP contribution in [-0.2, 0) is 9.47 Å². The average Bonchev–Trinajstić information content (AvgIpc) is 2.32. The fraction of sp³-hybridized carbons (Fsp3) is 1.00. The van der Waals surface area contributed by atoms with Crippen molar-refractivity contribution in [2.45, 2.75) is 61.0 Å². The van der Waals surface area contributed by atoms with Crippen LogP contribution in [0.4, 0.5) is 0 Å². The van der Waals surface area contributed by atoms with Crippen molar-refractivity contribution in [3.63, 3.8) is 0 Å². The smallest absolute Gasteiger partial charge is 0.167 e. The van der Waals surface area contributed by atoms with Crippen molar-refractivity contribution in [2.24, 2.45) is 16.2 Å². The fourth-order valence-electron chi connectivity index (χ4n) is 1.19. The van der Waals surface area contributed by atoms with Gasteiger partial charge in [-0.15, -0.1) is 0 Å². The molecule has 2 unspecified atom stereocenters. The SMILES string of the molecule is CC(C)(C)CO.CC1(C)COC(C(C)(C)CO)OC1O. The van der Waals surface area contributed by atoms with Crippen LogP contribution in [0.3, 0.4) is 0 Å². The van der Waals surface area contributed by atoms with Gasteiger partial charge in [-0.25, -0.2) is 0 Å². The minimum absolute atomic E-state index is 0.0369. The molecule has 0 aliphatic carbocycles. The highest BCUT2D eigenvalue weighted by Crippen LogP contribution is 2.35. The lowest BCUT2D eigenvalue weighted by atomic mass is 9.89. The lowest BCUT2D eigenvalue weighted by molar-refractivity contribution is -0.347. The minimum atomic E-state index is -0.841. The first-order chi connectivity index (χ1) is 8.85. The summed E-state index contributed by atoms with van der Waals surface area (Å²) in [6.45, 7) is 14.1. The summed E-state index contributed by atoms with van der Waals surface area (Å²) < 4.78 is 10.8. The second kappa shape index (κ2) is 7.18. The number of aliphatic hydroxyl groups excluding tert-OH is 3. The van der Waals surface area contributed by atoms with Gasteiger partial charge in [0.15, 0.2) is 12.6 Å². The van der Waals surface area contributed by atoms with Crippen LogP contribution in [0, 0.1) is 16.2 Å². The first-order valence-electron chi connectivity index (χ1n) is 7.02. The molecule has 1 heterocycles. The number of hydrogen-bond acceptors (Lipinski definition) is 5. The van der Waals surface area contributed by atoms with Crippen molar-refractivity contribution < 1.29 is 24.8 Å². The van der Waals surface area contributed by atoms with Crippen molar-refractivity contribution in [1.29, 1.82) is 0 Å². The summed E-state index contributed by atoms with van der Waals surface area (Å²) in [7, 11) is 0. The largest absolute Gasteiger partial charge is 0.396 e. The Morgan fingerprint density at radius 2 is 1.50 bits per heavy atom. The maximum Gasteiger partial charge on any atom is 0.167 e. The van der Waals surface area contributed by atoms with Crippen LogP contribution in [0.1, 0.15) is 48.5 Å². The number of ether oxygens (including phenoxy) is 2. The Morgan fingerprint density at radius 3 is 1.80 bits per heavy atom. The number of rotatable bonds is 2. The van der Waals surface area contributed by atoms with Crippen molar-refractivity contribution >= 4 is 0 Å². The maximum absolute atomic E-state index is 9.68. The fourth-order valence-corrected chi connectivity index (χ4v) is 1.19. The molecular formula is C15H32O5. The third kappa shape index (κ3) is 6.50. The maximum atomic E-state index is 9.68. The third-order valence-corrected chi connectivity index (χ3v) is 3.05. The Hall–Kier alpha value is -0.200. The second-order valence-electron chi connectivity index (χ2n) is 7.99. The molecule has 0 aromatic carbocycles. The van der Waals surface area contributed by atoms with E-state index < -0.39 is 18.0 Å². The highest BCUT2D eigenvalue weighted by Gasteiger charge is 2.42. The van der Waals surface area contributed by atoms with Gasteiger partial charge >= 0.3 is 0 Å². The molecule has 122 valence electrons. The minimum Gasteiger partial charge on any atom is -0.396 e. The van der Waals surface area contributed by atoms with E-state index in [2.05, 4.69) is 0 Å². The summed E-state index contributed by atoms with van der Waals surface area (Å²) in [4.78, 5) is 0. The molecule has 5 heteroatoms. The van der Waals surface area contributed by atoms with E-state index in [0.717, 1.165) is 0 Å². The Kier molecular flexibility index (Phi) is 7.11. The highest BCUT2D eigenvalue weighted by atomic mass is 16.7. The molecule has 1 aliphatic rings. The van der Waals surface area contributed by atoms with E-state index in [4.69, 9.17) is 19.7 Å². The summed E-state index contributed by atoms with van der Waals surface area (Å²) in [6.07, 6.45) is -1.39. The molecule has 20 heavy (non-hydrogen) atoms.